The van der Waals surface area contributed by atoms with Gasteiger partial charge in [0.25, 0.3) is 5.91 Å². The molecule has 2 N–H and O–H groups in total. The Morgan fingerprint density at radius 3 is 2.80 bits per heavy atom. The third-order valence-corrected chi connectivity index (χ3v) is 2.49. The van der Waals surface area contributed by atoms with E-state index in [4.69, 9.17) is 0 Å². The third kappa shape index (κ3) is 3.88. The maximum atomic E-state index is 12.0. The molecule has 1 heterocycles. The molecule has 2 amide bonds. The van der Waals surface area contributed by atoms with Crippen molar-refractivity contribution in [2.75, 3.05) is 5.32 Å². The number of carbonyl (C=O) groups is 2. The van der Waals surface area contributed by atoms with Crippen molar-refractivity contribution in [2.45, 2.75) is 13.5 Å². The lowest BCUT2D eigenvalue weighted by Gasteiger charge is -2.07. The molecule has 6 heteroatoms. The lowest BCUT2D eigenvalue weighted by atomic mass is 10.2. The van der Waals surface area contributed by atoms with Crippen LogP contribution >= 0.6 is 0 Å². The number of amides is 2. The summed E-state index contributed by atoms with van der Waals surface area (Å²) in [5.41, 5.74) is 1.74. The van der Waals surface area contributed by atoms with Gasteiger partial charge < -0.3 is 10.6 Å². The van der Waals surface area contributed by atoms with Crippen molar-refractivity contribution in [3.63, 3.8) is 0 Å². The van der Waals surface area contributed by atoms with Crippen molar-refractivity contribution < 1.29 is 9.59 Å². The monoisotopic (exact) mass is 270 g/mol. The molecule has 0 fully saturated rings. The van der Waals surface area contributed by atoms with Crippen molar-refractivity contribution >= 4 is 17.5 Å². The van der Waals surface area contributed by atoms with Crippen LogP contribution in [-0.2, 0) is 11.3 Å². The van der Waals surface area contributed by atoms with E-state index < -0.39 is 0 Å². The molecule has 0 aliphatic heterocycles. The highest BCUT2D eigenvalue weighted by atomic mass is 16.2. The molecule has 2 aromatic rings. The van der Waals surface area contributed by atoms with E-state index in [-0.39, 0.29) is 11.8 Å². The second-order valence-corrected chi connectivity index (χ2v) is 4.14. The van der Waals surface area contributed by atoms with Gasteiger partial charge in [-0.05, 0) is 18.2 Å². The molecule has 0 aliphatic rings. The van der Waals surface area contributed by atoms with Crippen LogP contribution in [0, 0.1) is 0 Å². The fraction of sp³-hybridized carbons (Fsp3) is 0.143. The first kappa shape index (κ1) is 13.7. The molecule has 102 valence electrons. The molecule has 0 saturated heterocycles. The number of hydrogen-bond donors (Lipinski definition) is 2. The zero-order valence-electron chi connectivity index (χ0n) is 11.0. The van der Waals surface area contributed by atoms with E-state index in [1.165, 1.54) is 6.92 Å². The van der Waals surface area contributed by atoms with E-state index in [1.807, 2.05) is 0 Å². The molecule has 1 aromatic heterocycles. The SMILES string of the molecule is CC(=O)Nc1cccc(C(=O)NCc2cnccn2)c1. The summed E-state index contributed by atoms with van der Waals surface area (Å²) in [5, 5.41) is 5.37. The van der Waals surface area contributed by atoms with Crippen LogP contribution in [0.1, 0.15) is 23.0 Å². The van der Waals surface area contributed by atoms with Gasteiger partial charge in [-0.3, -0.25) is 19.6 Å². The summed E-state index contributed by atoms with van der Waals surface area (Å²) in [6.07, 6.45) is 4.73. The van der Waals surface area contributed by atoms with E-state index in [0.29, 0.717) is 23.5 Å². The minimum Gasteiger partial charge on any atom is -0.346 e. The van der Waals surface area contributed by atoms with Crippen LogP contribution in [0.2, 0.25) is 0 Å². The predicted octanol–water partition coefficient (Wildman–Crippen LogP) is 1.36. The Morgan fingerprint density at radius 1 is 1.25 bits per heavy atom. The normalized spacial score (nSPS) is 9.85. The Morgan fingerprint density at radius 2 is 2.10 bits per heavy atom. The van der Waals surface area contributed by atoms with Gasteiger partial charge in [0.2, 0.25) is 5.91 Å². The van der Waals surface area contributed by atoms with Gasteiger partial charge in [0.15, 0.2) is 0 Å². The van der Waals surface area contributed by atoms with Crippen LogP contribution in [0.4, 0.5) is 5.69 Å². The van der Waals surface area contributed by atoms with Crippen LogP contribution in [0.25, 0.3) is 0 Å². The number of nitrogens with zero attached hydrogens (tertiary/aromatic N) is 2. The Bertz CT molecular complexity index is 614. The second kappa shape index (κ2) is 6.42. The molecule has 0 spiro atoms. The lowest BCUT2D eigenvalue weighted by Crippen LogP contribution is -2.23. The first-order valence-electron chi connectivity index (χ1n) is 6.06. The van der Waals surface area contributed by atoms with E-state index >= 15 is 0 Å². The van der Waals surface area contributed by atoms with Gasteiger partial charge in [-0.15, -0.1) is 0 Å². The van der Waals surface area contributed by atoms with Gasteiger partial charge >= 0.3 is 0 Å². The zero-order valence-corrected chi connectivity index (χ0v) is 11.0. The van der Waals surface area contributed by atoms with Crippen molar-refractivity contribution in [2.24, 2.45) is 0 Å². The summed E-state index contributed by atoms with van der Waals surface area (Å²) in [6.45, 7) is 1.72. The molecule has 20 heavy (non-hydrogen) atoms. The van der Waals surface area contributed by atoms with Crippen LogP contribution in [-0.4, -0.2) is 21.8 Å². The highest BCUT2D eigenvalue weighted by Crippen LogP contribution is 2.10. The molecular formula is C14H14N4O2. The number of aromatic nitrogens is 2. The Balaban J connectivity index is 2.00. The maximum Gasteiger partial charge on any atom is 0.251 e. The van der Waals surface area contributed by atoms with Crippen LogP contribution < -0.4 is 10.6 Å². The summed E-state index contributed by atoms with van der Waals surface area (Å²) in [6, 6.07) is 6.73. The standard InChI is InChI=1S/C14H14N4O2/c1-10(19)18-12-4-2-3-11(7-12)14(20)17-9-13-8-15-5-6-16-13/h2-8H,9H2,1H3,(H,17,20)(H,18,19). The quantitative estimate of drug-likeness (QED) is 0.878. The minimum absolute atomic E-state index is 0.179. The highest BCUT2D eigenvalue weighted by molar-refractivity contribution is 5.96. The number of hydrogen-bond acceptors (Lipinski definition) is 4. The van der Waals surface area contributed by atoms with Crippen molar-refractivity contribution in [3.8, 4) is 0 Å². The molecular weight excluding hydrogens is 256 g/mol. The van der Waals surface area contributed by atoms with Crippen LogP contribution in [0.5, 0.6) is 0 Å². The third-order valence-electron chi connectivity index (χ3n) is 2.49. The first-order valence-corrected chi connectivity index (χ1v) is 6.06. The minimum atomic E-state index is -0.233. The summed E-state index contributed by atoms with van der Waals surface area (Å²) in [7, 11) is 0. The van der Waals surface area contributed by atoms with Gasteiger partial charge in [0, 0.05) is 30.6 Å². The fourth-order valence-corrected chi connectivity index (χ4v) is 1.64. The highest BCUT2D eigenvalue weighted by Gasteiger charge is 2.07. The van der Waals surface area contributed by atoms with Crippen LogP contribution in [0.15, 0.2) is 42.9 Å². The van der Waals surface area contributed by atoms with Gasteiger partial charge in [0.1, 0.15) is 0 Å². The topological polar surface area (TPSA) is 84.0 Å². The summed E-state index contributed by atoms with van der Waals surface area (Å²) in [5.74, 6) is -0.412. The van der Waals surface area contributed by atoms with Gasteiger partial charge in [0.05, 0.1) is 18.4 Å². The average molecular weight is 270 g/mol. The molecule has 0 atom stereocenters. The maximum absolute atomic E-state index is 12.0. The Hall–Kier alpha value is -2.76. The van der Waals surface area contributed by atoms with Crippen LogP contribution in [0.3, 0.4) is 0 Å². The first-order chi connectivity index (χ1) is 9.65. The van der Waals surface area contributed by atoms with Crippen molar-refractivity contribution in [3.05, 3.63) is 54.1 Å². The Labute approximate surface area is 116 Å². The molecule has 6 nitrogen and oxygen atoms in total. The number of anilines is 1. The summed E-state index contributed by atoms with van der Waals surface area (Å²) < 4.78 is 0. The Kier molecular flexibility index (Phi) is 4.39. The van der Waals surface area contributed by atoms with Crippen molar-refractivity contribution in [1.29, 1.82) is 0 Å². The molecule has 2 rings (SSSR count). The molecule has 1 aromatic carbocycles. The van der Waals surface area contributed by atoms with Gasteiger partial charge in [-0.25, -0.2) is 0 Å². The number of rotatable bonds is 4. The summed E-state index contributed by atoms with van der Waals surface area (Å²) in [4.78, 5) is 31.0. The van der Waals surface area contributed by atoms with Crippen molar-refractivity contribution in [1.82, 2.24) is 15.3 Å². The number of benzene rings is 1. The second-order valence-electron chi connectivity index (χ2n) is 4.14. The van der Waals surface area contributed by atoms with E-state index in [9.17, 15) is 9.59 Å². The largest absolute Gasteiger partial charge is 0.346 e. The lowest BCUT2D eigenvalue weighted by molar-refractivity contribution is -0.114. The summed E-state index contributed by atoms with van der Waals surface area (Å²) >= 11 is 0. The number of carbonyl (C=O) groups excluding carboxylic acids is 2. The molecule has 0 unspecified atom stereocenters. The fourth-order valence-electron chi connectivity index (χ4n) is 1.64. The average Bonchev–Trinajstić information content (AvgIpc) is 2.45. The van der Waals surface area contributed by atoms with E-state index in [2.05, 4.69) is 20.6 Å². The molecule has 0 aliphatic carbocycles. The number of nitrogens with one attached hydrogen (secondary N) is 2. The molecule has 0 bridgehead atoms. The van der Waals surface area contributed by atoms with Gasteiger partial charge in [-0.1, -0.05) is 6.07 Å². The van der Waals surface area contributed by atoms with E-state index in [0.717, 1.165) is 0 Å². The zero-order chi connectivity index (χ0) is 14.4. The smallest absolute Gasteiger partial charge is 0.251 e. The predicted molar refractivity (Wildman–Crippen MR) is 73.9 cm³/mol. The van der Waals surface area contributed by atoms with E-state index in [1.54, 1.807) is 42.9 Å². The van der Waals surface area contributed by atoms with Gasteiger partial charge in [-0.2, -0.15) is 0 Å². The molecule has 0 radical (unpaired) electrons. The molecule has 0 saturated carbocycles.